The van der Waals surface area contributed by atoms with Gasteiger partial charge in [-0.05, 0) is 194 Å². The Bertz CT molecular complexity index is 2110. The van der Waals surface area contributed by atoms with Crippen molar-refractivity contribution >= 4 is 59.1 Å². The molecule has 0 radical (unpaired) electrons. The third kappa shape index (κ3) is 38.7. The van der Waals surface area contributed by atoms with Gasteiger partial charge in [-0.3, -0.25) is 54.8 Å². The molecule has 18 nitrogen and oxygen atoms in total. The van der Waals surface area contributed by atoms with Crippen molar-refractivity contribution in [2.45, 2.75) is 474 Å². The summed E-state index contributed by atoms with van der Waals surface area (Å²) in [6.07, 6.45) is 68.0. The number of rotatable bonds is 53. The molecule has 0 aromatic heterocycles. The van der Waals surface area contributed by atoms with Crippen LogP contribution in [-0.4, -0.2) is 268 Å². The minimum Gasteiger partial charge on any atom is -0.351 e. The Kier molecular flexibility index (Phi) is 61.0. The molecule has 4 saturated carbocycles. The maximum absolute atomic E-state index is 6.21. The molecule has 0 N–H and O–H groups in total. The maximum Gasteiger partial charge on any atom is 0.179 e. The molecule has 10 aliphatic rings. The van der Waals surface area contributed by atoms with Gasteiger partial charge in [0, 0.05) is 30.8 Å². The Balaban J connectivity index is 0.000000238. The van der Waals surface area contributed by atoms with E-state index in [0.29, 0.717) is 38.1 Å². The highest BCUT2D eigenvalue weighted by Gasteiger charge is 2.46. The molecule has 10 rings (SSSR count). The van der Waals surface area contributed by atoms with E-state index in [2.05, 4.69) is 152 Å². The Morgan fingerprint density at radius 1 is 0.180 bits per heavy atom. The largest absolute Gasteiger partial charge is 0.351 e. The Morgan fingerprint density at radius 2 is 0.378 bits per heavy atom. The lowest BCUT2D eigenvalue weighted by atomic mass is 9.95. The van der Waals surface area contributed by atoms with Crippen LogP contribution in [0.25, 0.3) is 0 Å². The average molecular weight is 1670 g/mol. The highest BCUT2D eigenvalue weighted by Crippen LogP contribution is 2.35. The van der Waals surface area contributed by atoms with Crippen LogP contribution >= 0.6 is 0 Å². The van der Waals surface area contributed by atoms with Crippen molar-refractivity contribution in [1.29, 1.82) is 0 Å². The van der Waals surface area contributed by atoms with Crippen LogP contribution in [0, 0.1) is 0 Å². The Labute approximate surface area is 703 Å². The van der Waals surface area contributed by atoms with Crippen LogP contribution in [0.15, 0.2) is 0 Å². The average Bonchev–Trinajstić information content (AvgIpc) is 0.804. The van der Waals surface area contributed by atoms with E-state index in [-0.39, 0.29) is 59.1 Å². The topological polar surface area (TPSA) is 94.3 Å². The lowest BCUT2D eigenvalue weighted by Gasteiger charge is -2.54. The van der Waals surface area contributed by atoms with Gasteiger partial charge in [-0.2, -0.15) is 0 Å². The maximum atomic E-state index is 6.21. The molecule has 0 bridgehead atoms. The second-order valence-electron chi connectivity index (χ2n) is 35.1. The molecule has 6 heterocycles. The van der Waals surface area contributed by atoms with Crippen molar-refractivity contribution in [2.24, 2.45) is 0 Å². The van der Waals surface area contributed by atoms with Crippen LogP contribution in [0.4, 0.5) is 0 Å². The van der Waals surface area contributed by atoms with E-state index in [9.17, 15) is 0 Å². The lowest BCUT2D eigenvalue weighted by molar-refractivity contribution is -0.152. The van der Waals surface area contributed by atoms with Crippen LogP contribution in [-0.2, 0) is 28.4 Å². The zero-order valence-electron chi connectivity index (χ0n) is 76.4. The van der Waals surface area contributed by atoms with Crippen LogP contribution in [0.2, 0.25) is 0 Å². The predicted molar refractivity (Wildman–Crippen MR) is 492 cm³/mol. The van der Waals surface area contributed by atoms with Crippen LogP contribution in [0.5, 0.6) is 0 Å². The molecule has 0 amide bonds. The molecular weight excluding hydrogens is 1480 g/mol. The third-order valence-electron chi connectivity index (χ3n) is 25.0. The highest BCUT2D eigenvalue weighted by atomic mass is 28.2. The van der Waals surface area contributed by atoms with Gasteiger partial charge in [0.25, 0.3) is 0 Å². The smallest absolute Gasteiger partial charge is 0.179 e. The first-order chi connectivity index (χ1) is 54.6. The SMILES string of the molecule is CCCCCN1[SiH2]N(C2CCCCC2)C1OCCC.CCCCCN1[SiH2]N(C2CCCCC2)C1OCCCC.CCCCCN1[SiH2]N(CCC)C1OCCCC.CCCCCN1[SiH2]N(CCCC)C1OCCCC.CCCCOC1N(CCC)[SiH2]N1C1CCCCC1.CCCCOC1N(CCCC)[SiH2]N1C1CCCCC1. The second kappa shape index (κ2) is 66.2. The number of nitrogens with zero attached hydrogens (tertiary/aromatic N) is 12. The molecular formula is C87H190N12O6Si6. The highest BCUT2D eigenvalue weighted by molar-refractivity contribution is 6.33. The van der Waals surface area contributed by atoms with E-state index < -0.39 is 0 Å². The molecule has 24 heteroatoms. The van der Waals surface area contributed by atoms with Gasteiger partial charge >= 0.3 is 0 Å². The predicted octanol–water partition coefficient (Wildman–Crippen LogP) is 16.3. The van der Waals surface area contributed by atoms with Crippen molar-refractivity contribution in [1.82, 2.24) is 54.8 Å². The van der Waals surface area contributed by atoms with Gasteiger partial charge < -0.3 is 28.4 Å². The van der Waals surface area contributed by atoms with Gasteiger partial charge in [0.15, 0.2) is 97.2 Å². The van der Waals surface area contributed by atoms with Crippen molar-refractivity contribution in [2.75, 3.05) is 92.0 Å². The molecule has 111 heavy (non-hydrogen) atoms. The quantitative estimate of drug-likeness (QED) is 0.0427. The first-order valence-corrected chi connectivity index (χ1v) is 56.9. The monoisotopic (exact) mass is 1670 g/mol. The van der Waals surface area contributed by atoms with Crippen molar-refractivity contribution in [3.8, 4) is 0 Å². The van der Waals surface area contributed by atoms with Crippen molar-refractivity contribution < 1.29 is 28.4 Å². The fourth-order valence-corrected chi connectivity index (χ4v) is 29.7. The molecule has 10 fully saturated rings. The second-order valence-corrected chi connectivity index (χ2v) is 46.2. The van der Waals surface area contributed by atoms with Gasteiger partial charge in [-0.15, -0.1) is 0 Å². The van der Waals surface area contributed by atoms with Gasteiger partial charge in [0.1, 0.15) is 0 Å². The van der Waals surface area contributed by atoms with Gasteiger partial charge in [-0.1, -0.05) is 270 Å². The van der Waals surface area contributed by atoms with Crippen molar-refractivity contribution in [3.63, 3.8) is 0 Å². The summed E-state index contributed by atoms with van der Waals surface area (Å²) >= 11 is 0. The van der Waals surface area contributed by atoms with Crippen LogP contribution in [0.3, 0.4) is 0 Å². The summed E-state index contributed by atoms with van der Waals surface area (Å²) in [6, 6.07) is 3.41. The van der Waals surface area contributed by atoms with Crippen molar-refractivity contribution in [3.05, 3.63) is 0 Å². The molecule has 0 spiro atoms. The van der Waals surface area contributed by atoms with E-state index in [1.165, 1.54) is 361 Å². The molecule has 6 unspecified atom stereocenters. The third-order valence-corrected chi connectivity index (χ3v) is 37.6. The Morgan fingerprint density at radius 3 is 0.604 bits per heavy atom. The summed E-state index contributed by atoms with van der Waals surface area (Å²) in [5.41, 5.74) is 0. The van der Waals surface area contributed by atoms with E-state index >= 15 is 0 Å². The summed E-state index contributed by atoms with van der Waals surface area (Å²) < 4.78 is 68.8. The summed E-state index contributed by atoms with van der Waals surface area (Å²) in [4.78, 5) is 0. The normalized spacial score (nSPS) is 26.2. The van der Waals surface area contributed by atoms with Crippen LogP contribution in [0.1, 0.15) is 412 Å². The molecule has 0 aromatic rings. The lowest BCUT2D eigenvalue weighted by Crippen LogP contribution is -2.70. The molecule has 658 valence electrons. The minimum absolute atomic E-state index is 0.146. The molecule has 6 saturated heterocycles. The summed E-state index contributed by atoms with van der Waals surface area (Å²) in [7, 11) is -0.990. The number of ether oxygens (including phenoxy) is 6. The molecule has 6 aliphatic heterocycles. The number of hydrogen-bond donors (Lipinski definition) is 0. The van der Waals surface area contributed by atoms with E-state index in [4.69, 9.17) is 28.4 Å². The summed E-state index contributed by atoms with van der Waals surface area (Å²) in [5, 5.41) is 0. The first kappa shape index (κ1) is 102. The van der Waals surface area contributed by atoms with Gasteiger partial charge in [0.2, 0.25) is 0 Å². The van der Waals surface area contributed by atoms with Gasteiger partial charge in [-0.25, -0.2) is 0 Å². The Hall–Kier alpha value is 0.581. The summed E-state index contributed by atoms with van der Waals surface area (Å²) in [6.45, 7) is 47.3. The van der Waals surface area contributed by atoms with Gasteiger partial charge in [0.05, 0.1) is 33.0 Å². The first-order valence-electron chi connectivity index (χ1n) is 49.3. The minimum atomic E-state index is -0.180. The van der Waals surface area contributed by atoms with E-state index in [1.807, 2.05) is 0 Å². The fourth-order valence-electron chi connectivity index (χ4n) is 17.8. The zero-order valence-corrected chi connectivity index (χ0v) is 84.9. The fraction of sp³-hybridized carbons (Fsp3) is 1.00. The molecule has 0 aromatic carbocycles. The standard InChI is InChI=1S/C16H34N2OSi.2C15H32N2OSi.C14H30N2OSi.C14H32N2OSi.C13H30N2OSi/c1-3-5-10-13-17-16(19-14-6-4-2)18(20-17)15-11-8-7-9-12-15;1-3-5-9-12-16-15(18-13-4-2)17(19-16)14-10-7-6-8-11-14;1-3-5-12-16-15(18-13-6-4-2)17(19-16)14-10-8-7-9-11-14;1-3-5-12-17-14-15(11-4-2)18-16(14)13-9-7-6-8-10-13;1-4-7-10-12-16-14(17-13-9-6-3)15(18-16)11-8-5-2;1-4-7-9-11-15-13(16-12-8-5-2)14(17-15)10-6-3/h15-16H,3-14,20H2,1-2H3;2*14-15H,3-13,19H2,1-2H3;13-14H,3-12,18H2,1-2H3;14H,4-13,18H2,1-3H3;13H,4-12,17H2,1-3H3. The zero-order chi connectivity index (χ0) is 79.7. The van der Waals surface area contributed by atoms with E-state index in [0.717, 1.165) is 70.2 Å². The summed E-state index contributed by atoms with van der Waals surface area (Å²) in [5.74, 6) is 0. The number of hydrogen-bond acceptors (Lipinski definition) is 18. The van der Waals surface area contributed by atoms with E-state index in [1.54, 1.807) is 0 Å². The molecule has 4 aliphatic carbocycles. The number of unbranched alkanes of at least 4 members (excludes halogenated alkanes) is 15. The van der Waals surface area contributed by atoms with Crippen LogP contribution < -0.4 is 0 Å². The molecule has 6 atom stereocenters.